The molecule has 0 atom stereocenters. The summed E-state index contributed by atoms with van der Waals surface area (Å²) in [5, 5.41) is 6.55. The van der Waals surface area contributed by atoms with Gasteiger partial charge in [-0.05, 0) is 47.9 Å². The lowest BCUT2D eigenvalue weighted by atomic mass is 10.1. The molecule has 0 amide bonds. The molecule has 0 fully saturated rings. The molecule has 2 heterocycles. The van der Waals surface area contributed by atoms with Gasteiger partial charge >= 0.3 is 0 Å². The molecule has 3 rings (SSSR count). The van der Waals surface area contributed by atoms with Crippen molar-refractivity contribution in [3.8, 4) is 5.75 Å². The summed E-state index contributed by atoms with van der Waals surface area (Å²) in [5.41, 5.74) is 2.35. The van der Waals surface area contributed by atoms with E-state index < -0.39 is 0 Å². The van der Waals surface area contributed by atoms with Crippen LogP contribution in [0.3, 0.4) is 0 Å². The highest BCUT2D eigenvalue weighted by molar-refractivity contribution is 5.40. The maximum absolute atomic E-state index is 5.25. The second-order valence-corrected chi connectivity index (χ2v) is 5.50. The normalized spacial score (nSPS) is 10.3. The average Bonchev–Trinajstić information content (AvgIpc) is 2.68. The maximum atomic E-state index is 5.25. The Kier molecular flexibility index (Phi) is 5.77. The number of ether oxygens (including phenoxy) is 1. The lowest BCUT2D eigenvalue weighted by Gasteiger charge is -2.09. The van der Waals surface area contributed by atoms with Crippen LogP contribution >= 0.6 is 0 Å². The molecule has 128 valence electrons. The molecule has 0 aliphatic rings. The molecule has 25 heavy (non-hydrogen) atoms. The summed E-state index contributed by atoms with van der Waals surface area (Å²) >= 11 is 0. The molecule has 0 bridgehead atoms. The smallest absolute Gasteiger partial charge is 0.224 e. The van der Waals surface area contributed by atoms with Crippen LogP contribution in [0.4, 0.5) is 11.8 Å². The molecule has 0 aliphatic heterocycles. The number of nitrogens with one attached hydrogen (secondary N) is 2. The SMILES string of the molecule is COc1cccc(CCNc2ccnc(NCc3ccncc3)n2)c1. The van der Waals surface area contributed by atoms with Crippen LogP contribution < -0.4 is 15.4 Å². The molecule has 3 aromatic rings. The topological polar surface area (TPSA) is 72.0 Å². The number of anilines is 2. The van der Waals surface area contributed by atoms with Crippen LogP contribution in [0, 0.1) is 0 Å². The fourth-order valence-corrected chi connectivity index (χ4v) is 2.39. The number of methoxy groups -OCH3 is 1. The molecule has 2 N–H and O–H groups in total. The van der Waals surface area contributed by atoms with Gasteiger partial charge in [0.2, 0.25) is 5.95 Å². The summed E-state index contributed by atoms with van der Waals surface area (Å²) in [7, 11) is 1.68. The molecule has 0 unspecified atom stereocenters. The maximum Gasteiger partial charge on any atom is 0.224 e. The van der Waals surface area contributed by atoms with E-state index in [-0.39, 0.29) is 0 Å². The van der Waals surface area contributed by atoms with Gasteiger partial charge in [-0.25, -0.2) is 4.98 Å². The minimum absolute atomic E-state index is 0.600. The van der Waals surface area contributed by atoms with E-state index in [1.54, 1.807) is 25.7 Å². The van der Waals surface area contributed by atoms with Gasteiger partial charge in [-0.1, -0.05) is 12.1 Å². The molecule has 2 aromatic heterocycles. The van der Waals surface area contributed by atoms with E-state index in [1.165, 1.54) is 5.56 Å². The van der Waals surface area contributed by atoms with Crippen molar-refractivity contribution in [3.63, 3.8) is 0 Å². The van der Waals surface area contributed by atoms with Gasteiger partial charge in [-0.15, -0.1) is 0 Å². The van der Waals surface area contributed by atoms with Crippen molar-refractivity contribution in [3.05, 3.63) is 72.2 Å². The molecule has 6 heteroatoms. The first-order valence-corrected chi connectivity index (χ1v) is 8.16. The Morgan fingerprint density at radius 2 is 1.84 bits per heavy atom. The van der Waals surface area contributed by atoms with Crippen molar-refractivity contribution in [2.45, 2.75) is 13.0 Å². The zero-order chi connectivity index (χ0) is 17.3. The Hall–Kier alpha value is -3.15. The van der Waals surface area contributed by atoms with Crippen molar-refractivity contribution in [1.29, 1.82) is 0 Å². The van der Waals surface area contributed by atoms with Gasteiger partial charge in [0.1, 0.15) is 11.6 Å². The van der Waals surface area contributed by atoms with Crippen LogP contribution in [0.2, 0.25) is 0 Å². The van der Waals surface area contributed by atoms with Gasteiger partial charge in [-0.3, -0.25) is 4.98 Å². The van der Waals surface area contributed by atoms with Crippen LogP contribution in [-0.2, 0) is 13.0 Å². The van der Waals surface area contributed by atoms with Crippen LogP contribution in [0.25, 0.3) is 0 Å². The Morgan fingerprint density at radius 1 is 0.960 bits per heavy atom. The zero-order valence-corrected chi connectivity index (χ0v) is 14.1. The van der Waals surface area contributed by atoms with E-state index >= 15 is 0 Å². The number of pyridine rings is 1. The first-order chi connectivity index (χ1) is 12.3. The first-order valence-electron chi connectivity index (χ1n) is 8.16. The molecular formula is C19H21N5O. The first kappa shape index (κ1) is 16.7. The largest absolute Gasteiger partial charge is 0.497 e. The third-order valence-corrected chi connectivity index (χ3v) is 3.71. The zero-order valence-electron chi connectivity index (χ0n) is 14.1. The lowest BCUT2D eigenvalue weighted by molar-refractivity contribution is 0.414. The van der Waals surface area contributed by atoms with Crippen molar-refractivity contribution in [1.82, 2.24) is 15.0 Å². The quantitative estimate of drug-likeness (QED) is 0.659. The van der Waals surface area contributed by atoms with E-state index in [0.717, 1.165) is 30.1 Å². The van der Waals surface area contributed by atoms with Gasteiger partial charge in [0.25, 0.3) is 0 Å². The average molecular weight is 335 g/mol. The Labute approximate surface area is 147 Å². The fraction of sp³-hybridized carbons (Fsp3) is 0.211. The number of benzene rings is 1. The summed E-state index contributed by atoms with van der Waals surface area (Å²) in [6, 6.07) is 13.9. The highest BCUT2D eigenvalue weighted by Gasteiger charge is 2.01. The van der Waals surface area contributed by atoms with Gasteiger partial charge in [0.05, 0.1) is 7.11 Å². The standard InChI is InChI=1S/C19H21N5O/c1-25-17-4-2-3-15(13-17)7-11-21-18-8-12-22-19(24-18)23-14-16-5-9-20-10-6-16/h2-6,8-10,12-13H,7,11,14H2,1H3,(H2,21,22,23,24). The number of nitrogens with zero attached hydrogens (tertiary/aromatic N) is 3. The highest BCUT2D eigenvalue weighted by Crippen LogP contribution is 2.13. The van der Waals surface area contributed by atoms with Crippen molar-refractivity contribution in [2.24, 2.45) is 0 Å². The Balaban J connectivity index is 1.51. The third-order valence-electron chi connectivity index (χ3n) is 3.71. The van der Waals surface area contributed by atoms with Gasteiger partial charge in [0.15, 0.2) is 0 Å². The van der Waals surface area contributed by atoms with E-state index in [4.69, 9.17) is 4.74 Å². The van der Waals surface area contributed by atoms with Crippen LogP contribution in [0.5, 0.6) is 5.75 Å². The van der Waals surface area contributed by atoms with Crippen molar-refractivity contribution < 1.29 is 4.74 Å². The molecule has 0 saturated carbocycles. The summed E-state index contributed by atoms with van der Waals surface area (Å²) in [4.78, 5) is 12.7. The van der Waals surface area contributed by atoms with Gasteiger partial charge < -0.3 is 15.4 Å². The number of aromatic nitrogens is 3. The summed E-state index contributed by atoms with van der Waals surface area (Å²) < 4.78 is 5.25. The Bertz CT molecular complexity index is 795. The van der Waals surface area contributed by atoms with E-state index in [2.05, 4.69) is 31.7 Å². The van der Waals surface area contributed by atoms with E-state index in [0.29, 0.717) is 12.5 Å². The van der Waals surface area contributed by atoms with Gasteiger partial charge in [0, 0.05) is 31.7 Å². The second kappa shape index (κ2) is 8.63. The Morgan fingerprint density at radius 3 is 2.68 bits per heavy atom. The number of hydrogen-bond acceptors (Lipinski definition) is 6. The molecule has 6 nitrogen and oxygen atoms in total. The van der Waals surface area contributed by atoms with Crippen LogP contribution in [-0.4, -0.2) is 28.6 Å². The third kappa shape index (κ3) is 5.17. The second-order valence-electron chi connectivity index (χ2n) is 5.50. The minimum atomic E-state index is 0.600. The van der Waals surface area contributed by atoms with Crippen molar-refractivity contribution >= 4 is 11.8 Å². The molecule has 0 aliphatic carbocycles. The number of hydrogen-bond donors (Lipinski definition) is 2. The number of rotatable bonds is 8. The van der Waals surface area contributed by atoms with Crippen molar-refractivity contribution in [2.75, 3.05) is 24.3 Å². The molecule has 0 radical (unpaired) electrons. The van der Waals surface area contributed by atoms with Crippen LogP contribution in [0.15, 0.2) is 61.1 Å². The molecule has 0 spiro atoms. The van der Waals surface area contributed by atoms with Crippen LogP contribution in [0.1, 0.15) is 11.1 Å². The summed E-state index contributed by atoms with van der Waals surface area (Å²) in [5.74, 6) is 2.28. The summed E-state index contributed by atoms with van der Waals surface area (Å²) in [6.45, 7) is 1.45. The molecule has 1 aromatic carbocycles. The van der Waals surface area contributed by atoms with E-state index in [1.807, 2.05) is 36.4 Å². The monoisotopic (exact) mass is 335 g/mol. The van der Waals surface area contributed by atoms with Gasteiger partial charge in [-0.2, -0.15) is 4.98 Å². The molecule has 0 saturated heterocycles. The lowest BCUT2D eigenvalue weighted by Crippen LogP contribution is -2.09. The fourth-order valence-electron chi connectivity index (χ4n) is 2.39. The minimum Gasteiger partial charge on any atom is -0.497 e. The highest BCUT2D eigenvalue weighted by atomic mass is 16.5. The molecular weight excluding hydrogens is 314 g/mol. The summed E-state index contributed by atoms with van der Waals surface area (Å²) in [6.07, 6.45) is 6.18. The van der Waals surface area contributed by atoms with E-state index in [9.17, 15) is 0 Å². The predicted octanol–water partition coefficient (Wildman–Crippen LogP) is 3.15. The predicted molar refractivity (Wildman–Crippen MR) is 98.8 cm³/mol.